The number of carbonyl (C=O) groups excluding carboxylic acids is 1. The Balaban J connectivity index is 1.48. The molecule has 0 bridgehead atoms. The molecule has 4 rings (SSSR count). The summed E-state index contributed by atoms with van der Waals surface area (Å²) in [6.45, 7) is -0.214. The summed E-state index contributed by atoms with van der Waals surface area (Å²) in [6.07, 6.45) is 4.32. The standard InChI is InChI=1S/C18H18F2IN5OS/c19-18(20)5-1-2-12(22)16(18)23-7-15(27)17-25-13(9-28-17)11-6-24-26-8-10(21)3-4-14(11)26/h3-4,6,8-9,12,16,23H,1-2,5,7,22H2/t12-,16+/m0/s1. The molecule has 10 heteroatoms. The maximum Gasteiger partial charge on any atom is 0.264 e. The van der Waals surface area contributed by atoms with Gasteiger partial charge in [0.05, 0.1) is 30.0 Å². The fourth-order valence-electron chi connectivity index (χ4n) is 3.47. The molecule has 148 valence electrons. The van der Waals surface area contributed by atoms with Gasteiger partial charge in [-0.05, 0) is 47.6 Å². The number of ketones is 1. The quantitative estimate of drug-likeness (QED) is 0.401. The van der Waals surface area contributed by atoms with Gasteiger partial charge in [-0.1, -0.05) is 0 Å². The lowest BCUT2D eigenvalue weighted by molar-refractivity contribution is -0.0692. The number of Topliss-reactive ketones (excluding diaryl/α,β-unsaturated/α-hetero) is 1. The van der Waals surface area contributed by atoms with Gasteiger partial charge in [0.1, 0.15) is 0 Å². The van der Waals surface area contributed by atoms with E-state index in [0.29, 0.717) is 18.5 Å². The van der Waals surface area contributed by atoms with Crippen LogP contribution in [0.25, 0.3) is 16.8 Å². The second-order valence-corrected chi connectivity index (χ2v) is 8.98. The minimum Gasteiger partial charge on any atom is -0.326 e. The Hall–Kier alpha value is -1.50. The van der Waals surface area contributed by atoms with Crippen molar-refractivity contribution in [3.8, 4) is 11.3 Å². The number of thiazole rings is 1. The van der Waals surface area contributed by atoms with Crippen molar-refractivity contribution in [1.82, 2.24) is 19.9 Å². The van der Waals surface area contributed by atoms with Crippen LogP contribution in [0.15, 0.2) is 29.9 Å². The van der Waals surface area contributed by atoms with E-state index in [1.54, 1.807) is 16.1 Å². The van der Waals surface area contributed by atoms with Gasteiger partial charge in [-0.25, -0.2) is 18.3 Å². The summed E-state index contributed by atoms with van der Waals surface area (Å²) in [5, 5.41) is 9.04. The molecular formula is C18H18F2IN5OS. The van der Waals surface area contributed by atoms with Gasteiger partial charge in [-0.2, -0.15) is 5.10 Å². The first-order valence-corrected chi connectivity index (χ1v) is 10.8. The van der Waals surface area contributed by atoms with Gasteiger partial charge in [0, 0.05) is 33.2 Å². The van der Waals surface area contributed by atoms with E-state index in [1.165, 1.54) is 11.3 Å². The number of hydrogen-bond donors (Lipinski definition) is 2. The summed E-state index contributed by atoms with van der Waals surface area (Å²) < 4.78 is 30.9. The molecule has 3 heterocycles. The summed E-state index contributed by atoms with van der Waals surface area (Å²) in [4.78, 5) is 16.9. The van der Waals surface area contributed by atoms with Gasteiger partial charge >= 0.3 is 0 Å². The number of hydrogen-bond acceptors (Lipinski definition) is 6. The smallest absolute Gasteiger partial charge is 0.264 e. The van der Waals surface area contributed by atoms with Crippen molar-refractivity contribution in [2.24, 2.45) is 5.73 Å². The lowest BCUT2D eigenvalue weighted by atomic mass is 9.87. The maximum absolute atomic E-state index is 14.1. The molecule has 0 spiro atoms. The van der Waals surface area contributed by atoms with E-state index in [9.17, 15) is 13.6 Å². The third-order valence-electron chi connectivity index (χ3n) is 4.91. The largest absolute Gasteiger partial charge is 0.326 e. The number of carbonyl (C=O) groups is 1. The van der Waals surface area contributed by atoms with Gasteiger partial charge in [0.2, 0.25) is 5.78 Å². The van der Waals surface area contributed by atoms with Crippen molar-refractivity contribution in [2.75, 3.05) is 6.54 Å². The summed E-state index contributed by atoms with van der Waals surface area (Å²) in [7, 11) is 0. The molecule has 0 aliphatic heterocycles. The van der Waals surface area contributed by atoms with Gasteiger partial charge in [0.15, 0.2) is 5.01 Å². The van der Waals surface area contributed by atoms with E-state index in [2.05, 4.69) is 38.0 Å². The Morgan fingerprint density at radius 2 is 2.29 bits per heavy atom. The van der Waals surface area contributed by atoms with Crippen molar-refractivity contribution in [2.45, 2.75) is 37.3 Å². The lowest BCUT2D eigenvalue weighted by Gasteiger charge is -2.36. The molecule has 2 atom stereocenters. The van der Waals surface area contributed by atoms with E-state index < -0.39 is 18.0 Å². The molecule has 3 aromatic heterocycles. The zero-order chi connectivity index (χ0) is 19.9. The van der Waals surface area contributed by atoms with Gasteiger partial charge < -0.3 is 11.1 Å². The molecule has 0 radical (unpaired) electrons. The Kier molecular flexibility index (Phi) is 5.47. The number of nitrogens with one attached hydrogen (secondary N) is 1. The van der Waals surface area contributed by atoms with Crippen LogP contribution in [0.3, 0.4) is 0 Å². The van der Waals surface area contributed by atoms with Crippen molar-refractivity contribution in [3.05, 3.63) is 38.5 Å². The topological polar surface area (TPSA) is 85.3 Å². The molecule has 1 aliphatic rings. The van der Waals surface area contributed by atoms with Gasteiger partial charge in [0.25, 0.3) is 5.92 Å². The molecule has 0 saturated heterocycles. The van der Waals surface area contributed by atoms with E-state index in [-0.39, 0.29) is 23.8 Å². The summed E-state index contributed by atoms with van der Waals surface area (Å²) >= 11 is 3.40. The monoisotopic (exact) mass is 517 g/mol. The van der Waals surface area contributed by atoms with Crippen molar-refractivity contribution >= 4 is 45.2 Å². The van der Waals surface area contributed by atoms with Crippen LogP contribution >= 0.6 is 33.9 Å². The second-order valence-electron chi connectivity index (χ2n) is 6.87. The maximum atomic E-state index is 14.1. The van der Waals surface area contributed by atoms with E-state index in [1.807, 2.05) is 18.3 Å². The first-order valence-electron chi connectivity index (χ1n) is 8.84. The highest BCUT2D eigenvalue weighted by atomic mass is 127. The number of aromatic nitrogens is 3. The Morgan fingerprint density at radius 3 is 3.07 bits per heavy atom. The lowest BCUT2D eigenvalue weighted by Crippen LogP contribution is -2.59. The van der Waals surface area contributed by atoms with Crippen LogP contribution < -0.4 is 11.1 Å². The van der Waals surface area contributed by atoms with E-state index in [0.717, 1.165) is 14.7 Å². The number of rotatable bonds is 5. The van der Waals surface area contributed by atoms with Crippen LogP contribution in [-0.4, -0.2) is 44.9 Å². The molecular weight excluding hydrogens is 499 g/mol. The molecule has 1 saturated carbocycles. The highest BCUT2D eigenvalue weighted by molar-refractivity contribution is 14.1. The van der Waals surface area contributed by atoms with E-state index >= 15 is 0 Å². The third-order valence-corrected chi connectivity index (χ3v) is 6.43. The van der Waals surface area contributed by atoms with Crippen LogP contribution in [0, 0.1) is 3.57 Å². The third kappa shape index (κ3) is 3.82. The number of nitrogens with zero attached hydrogens (tertiary/aromatic N) is 3. The van der Waals surface area contributed by atoms with Crippen LogP contribution in [0.1, 0.15) is 29.1 Å². The van der Waals surface area contributed by atoms with Crippen LogP contribution in [0.4, 0.5) is 8.78 Å². The molecule has 6 nitrogen and oxygen atoms in total. The average Bonchev–Trinajstić information content (AvgIpc) is 3.26. The zero-order valence-electron chi connectivity index (χ0n) is 14.7. The average molecular weight is 517 g/mol. The second kappa shape index (κ2) is 7.73. The predicted molar refractivity (Wildman–Crippen MR) is 112 cm³/mol. The van der Waals surface area contributed by atoms with Crippen molar-refractivity contribution < 1.29 is 13.6 Å². The molecule has 1 aliphatic carbocycles. The molecule has 0 unspecified atom stereocenters. The Morgan fingerprint density at radius 1 is 1.46 bits per heavy atom. The molecule has 3 N–H and O–H groups in total. The first kappa shape index (κ1) is 19.8. The predicted octanol–water partition coefficient (Wildman–Crippen LogP) is 3.35. The number of alkyl halides is 2. The number of pyridine rings is 1. The normalized spacial score (nSPS) is 21.9. The highest BCUT2D eigenvalue weighted by Gasteiger charge is 2.45. The summed E-state index contributed by atoms with van der Waals surface area (Å²) in [6, 6.07) is 2.06. The van der Waals surface area contributed by atoms with E-state index in [4.69, 9.17) is 5.73 Å². The fourth-order valence-corrected chi connectivity index (χ4v) is 4.67. The van der Waals surface area contributed by atoms with Gasteiger partial charge in [-0.15, -0.1) is 11.3 Å². The summed E-state index contributed by atoms with van der Waals surface area (Å²) in [5.41, 5.74) is 8.18. The number of fused-ring (bicyclic) bond motifs is 1. The molecule has 0 aromatic carbocycles. The Bertz CT molecular complexity index is 1020. The molecule has 1 fully saturated rings. The highest BCUT2D eigenvalue weighted by Crippen LogP contribution is 2.33. The van der Waals surface area contributed by atoms with Gasteiger partial charge in [-0.3, -0.25) is 4.79 Å². The van der Waals surface area contributed by atoms with Crippen molar-refractivity contribution in [3.63, 3.8) is 0 Å². The molecule has 0 amide bonds. The molecule has 3 aromatic rings. The summed E-state index contributed by atoms with van der Waals surface area (Å²) in [5.74, 6) is -3.23. The number of nitrogens with two attached hydrogens (primary N) is 1. The van der Waals surface area contributed by atoms with Crippen LogP contribution in [-0.2, 0) is 0 Å². The van der Waals surface area contributed by atoms with Crippen molar-refractivity contribution in [1.29, 1.82) is 0 Å². The molecule has 28 heavy (non-hydrogen) atoms. The Labute approximate surface area is 177 Å². The van der Waals surface area contributed by atoms with Crippen LogP contribution in [0.5, 0.6) is 0 Å². The fraction of sp³-hybridized carbons (Fsp3) is 0.389. The minimum absolute atomic E-state index is 0.207. The zero-order valence-corrected chi connectivity index (χ0v) is 17.7. The minimum atomic E-state index is -2.90. The number of halogens is 3. The van der Waals surface area contributed by atoms with Crippen LogP contribution in [0.2, 0.25) is 0 Å². The first-order chi connectivity index (χ1) is 13.3. The SMILES string of the molecule is N[C@H]1CCCC(F)(F)[C@@H]1NCC(=O)c1nc(-c2cnn3cc(I)ccc23)cs1.